The summed E-state index contributed by atoms with van der Waals surface area (Å²) < 4.78 is 31.0. The van der Waals surface area contributed by atoms with Crippen molar-refractivity contribution in [1.82, 2.24) is 0 Å². The van der Waals surface area contributed by atoms with E-state index >= 15 is 0 Å². The van der Waals surface area contributed by atoms with E-state index in [0.29, 0.717) is 52.5 Å². The molecular weight excluding hydrogens is 472 g/mol. The average molecular weight is 523 g/mol. The Morgan fingerprint density at radius 2 is 0.917 bits per heavy atom. The molecule has 0 rings (SSSR count). The summed E-state index contributed by atoms with van der Waals surface area (Å²) >= 11 is 0. The Balaban J connectivity index is 3.54. The molecule has 0 saturated carbocycles. The zero-order valence-electron chi connectivity index (χ0n) is 22.5. The topological polar surface area (TPSA) is 130 Å². The first-order valence-corrected chi connectivity index (χ1v) is 13.6. The molecule has 0 aliphatic rings. The largest absolute Gasteiger partial charge is 0.433 e. The van der Waals surface area contributed by atoms with E-state index in [9.17, 15) is 19.8 Å². The van der Waals surface area contributed by atoms with E-state index in [0.717, 1.165) is 25.7 Å². The standard InChI is InChI=1S/C26H50O10/c1-3-5-7-11-15-31-17-19-33-21-25(29)35-23(27)13-9-10-14-24(28)36-26(30)22-34-20-18-32-16-12-8-6-4-2/h25-26,29-30H,3-22H2,1-2H3. The van der Waals surface area contributed by atoms with Crippen LogP contribution >= 0.6 is 0 Å². The van der Waals surface area contributed by atoms with Crippen LogP contribution in [0.25, 0.3) is 0 Å². The van der Waals surface area contributed by atoms with Gasteiger partial charge in [0.2, 0.25) is 12.6 Å². The summed E-state index contributed by atoms with van der Waals surface area (Å²) in [5.74, 6) is -1.15. The van der Waals surface area contributed by atoms with Crippen LogP contribution in [-0.2, 0) is 38.0 Å². The molecule has 0 bridgehead atoms. The Morgan fingerprint density at radius 3 is 1.31 bits per heavy atom. The molecular formula is C26H50O10. The molecule has 0 heterocycles. The molecule has 214 valence electrons. The van der Waals surface area contributed by atoms with Gasteiger partial charge in [-0.3, -0.25) is 9.59 Å². The van der Waals surface area contributed by atoms with Gasteiger partial charge in [-0.05, 0) is 25.7 Å². The summed E-state index contributed by atoms with van der Waals surface area (Å²) in [5, 5.41) is 19.4. The smallest absolute Gasteiger partial charge is 0.308 e. The number of carbonyl (C=O) groups excluding carboxylic acids is 2. The van der Waals surface area contributed by atoms with Gasteiger partial charge in [-0.1, -0.05) is 52.4 Å². The Morgan fingerprint density at radius 1 is 0.528 bits per heavy atom. The molecule has 2 unspecified atom stereocenters. The Kier molecular flexibility index (Phi) is 25.8. The van der Waals surface area contributed by atoms with Crippen LogP contribution in [-0.4, -0.2) is 87.6 Å². The van der Waals surface area contributed by atoms with E-state index in [1.54, 1.807) is 0 Å². The van der Waals surface area contributed by atoms with Crippen LogP contribution in [0.2, 0.25) is 0 Å². The van der Waals surface area contributed by atoms with Gasteiger partial charge < -0.3 is 38.6 Å². The molecule has 36 heavy (non-hydrogen) atoms. The molecule has 0 saturated heterocycles. The first-order valence-electron chi connectivity index (χ1n) is 13.6. The fraction of sp³-hybridized carbons (Fsp3) is 0.923. The minimum Gasteiger partial charge on any atom is -0.433 e. The van der Waals surface area contributed by atoms with Gasteiger partial charge in [0.25, 0.3) is 0 Å². The minimum atomic E-state index is -1.34. The zero-order chi connectivity index (χ0) is 26.7. The van der Waals surface area contributed by atoms with Crippen LogP contribution < -0.4 is 0 Å². The quantitative estimate of drug-likeness (QED) is 0.0939. The second-order valence-electron chi connectivity index (χ2n) is 8.59. The predicted molar refractivity (Wildman–Crippen MR) is 134 cm³/mol. The zero-order valence-corrected chi connectivity index (χ0v) is 22.5. The van der Waals surface area contributed by atoms with Crippen molar-refractivity contribution >= 4 is 11.9 Å². The molecule has 2 N–H and O–H groups in total. The van der Waals surface area contributed by atoms with Crippen LogP contribution in [0.3, 0.4) is 0 Å². The van der Waals surface area contributed by atoms with Gasteiger partial charge in [-0.2, -0.15) is 0 Å². The highest BCUT2D eigenvalue weighted by Gasteiger charge is 2.14. The fourth-order valence-corrected chi connectivity index (χ4v) is 3.10. The average Bonchev–Trinajstić information content (AvgIpc) is 2.84. The third kappa shape index (κ3) is 25.8. The molecule has 0 aromatic heterocycles. The van der Waals surface area contributed by atoms with Crippen LogP contribution in [0.4, 0.5) is 0 Å². The first kappa shape index (κ1) is 34.7. The molecule has 10 heteroatoms. The summed E-state index contributed by atoms with van der Waals surface area (Å²) in [6.45, 7) is 6.93. The van der Waals surface area contributed by atoms with Gasteiger partial charge >= 0.3 is 11.9 Å². The lowest BCUT2D eigenvalue weighted by Gasteiger charge is -2.13. The molecule has 0 aromatic rings. The third-order valence-corrected chi connectivity index (χ3v) is 5.10. The van der Waals surface area contributed by atoms with E-state index < -0.39 is 24.5 Å². The number of ether oxygens (including phenoxy) is 6. The lowest BCUT2D eigenvalue weighted by Crippen LogP contribution is -2.24. The molecule has 0 aliphatic heterocycles. The lowest BCUT2D eigenvalue weighted by molar-refractivity contribution is -0.180. The number of aliphatic hydroxyl groups is 2. The molecule has 0 radical (unpaired) electrons. The van der Waals surface area contributed by atoms with Crippen LogP contribution in [0.15, 0.2) is 0 Å². The van der Waals surface area contributed by atoms with Crippen molar-refractivity contribution in [1.29, 1.82) is 0 Å². The molecule has 0 aliphatic carbocycles. The molecule has 0 spiro atoms. The van der Waals surface area contributed by atoms with Crippen molar-refractivity contribution in [3.8, 4) is 0 Å². The Hall–Kier alpha value is -1.30. The second-order valence-corrected chi connectivity index (χ2v) is 8.59. The van der Waals surface area contributed by atoms with E-state index in [1.165, 1.54) is 25.7 Å². The first-order chi connectivity index (χ1) is 17.5. The van der Waals surface area contributed by atoms with Crippen molar-refractivity contribution in [3.63, 3.8) is 0 Å². The predicted octanol–water partition coefficient (Wildman–Crippen LogP) is 3.50. The SMILES string of the molecule is CCCCCCOCCOCC(O)OC(=O)CCCCC(=O)OC(O)COCCOCCCCCC. The van der Waals surface area contributed by atoms with Crippen molar-refractivity contribution in [2.75, 3.05) is 52.9 Å². The van der Waals surface area contributed by atoms with Crippen LogP contribution in [0, 0.1) is 0 Å². The number of hydrogen-bond acceptors (Lipinski definition) is 10. The van der Waals surface area contributed by atoms with E-state index in [4.69, 9.17) is 28.4 Å². The highest BCUT2D eigenvalue weighted by Crippen LogP contribution is 2.06. The van der Waals surface area contributed by atoms with Gasteiger partial charge in [-0.25, -0.2) is 0 Å². The number of hydrogen-bond donors (Lipinski definition) is 2. The minimum absolute atomic E-state index is 0.0509. The number of rotatable bonds is 27. The second kappa shape index (κ2) is 26.8. The lowest BCUT2D eigenvalue weighted by atomic mass is 10.2. The summed E-state index contributed by atoms with van der Waals surface area (Å²) in [5.41, 5.74) is 0. The van der Waals surface area contributed by atoms with Crippen molar-refractivity contribution in [2.45, 2.75) is 103 Å². The molecule has 0 fully saturated rings. The van der Waals surface area contributed by atoms with Crippen molar-refractivity contribution in [2.24, 2.45) is 0 Å². The van der Waals surface area contributed by atoms with E-state index in [1.807, 2.05) is 0 Å². The number of unbranched alkanes of at least 4 members (excludes halogenated alkanes) is 7. The van der Waals surface area contributed by atoms with Gasteiger partial charge in [0.1, 0.15) is 13.2 Å². The maximum Gasteiger partial charge on any atom is 0.308 e. The fourth-order valence-electron chi connectivity index (χ4n) is 3.10. The Bertz CT molecular complexity index is 459. The molecule has 0 aromatic carbocycles. The van der Waals surface area contributed by atoms with Gasteiger partial charge in [-0.15, -0.1) is 0 Å². The molecule has 0 amide bonds. The van der Waals surface area contributed by atoms with E-state index in [2.05, 4.69) is 13.8 Å². The van der Waals surface area contributed by atoms with Crippen LogP contribution in [0.1, 0.15) is 90.9 Å². The van der Waals surface area contributed by atoms with Gasteiger partial charge in [0.15, 0.2) is 0 Å². The molecule has 10 nitrogen and oxygen atoms in total. The van der Waals surface area contributed by atoms with Gasteiger partial charge in [0.05, 0.1) is 26.4 Å². The van der Waals surface area contributed by atoms with Crippen LogP contribution in [0.5, 0.6) is 0 Å². The maximum atomic E-state index is 11.7. The van der Waals surface area contributed by atoms with Crippen molar-refractivity contribution in [3.05, 3.63) is 0 Å². The van der Waals surface area contributed by atoms with E-state index in [-0.39, 0.29) is 26.1 Å². The normalized spacial score (nSPS) is 12.9. The number of carbonyl (C=O) groups is 2. The Labute approximate surface area is 216 Å². The highest BCUT2D eigenvalue weighted by atomic mass is 16.7. The number of esters is 2. The molecule has 2 atom stereocenters. The summed E-state index contributed by atoms with van der Waals surface area (Å²) in [6.07, 6.45) is 7.32. The maximum absolute atomic E-state index is 11.7. The number of aliphatic hydroxyl groups excluding tert-OH is 2. The summed E-state index contributed by atoms with van der Waals surface area (Å²) in [4.78, 5) is 23.5. The third-order valence-electron chi connectivity index (χ3n) is 5.10. The summed E-state index contributed by atoms with van der Waals surface area (Å²) in [6, 6.07) is 0. The monoisotopic (exact) mass is 522 g/mol. The summed E-state index contributed by atoms with van der Waals surface area (Å²) in [7, 11) is 0. The van der Waals surface area contributed by atoms with Gasteiger partial charge in [0, 0.05) is 26.1 Å². The van der Waals surface area contributed by atoms with Crippen molar-refractivity contribution < 1.29 is 48.2 Å². The highest BCUT2D eigenvalue weighted by molar-refractivity contribution is 5.70.